The maximum atomic E-state index is 12.9. The molecule has 0 saturated heterocycles. The van der Waals surface area contributed by atoms with Crippen LogP contribution in [0.15, 0.2) is 52.8 Å². The van der Waals surface area contributed by atoms with Crippen LogP contribution in [0.2, 0.25) is 0 Å². The van der Waals surface area contributed by atoms with Gasteiger partial charge in [0.2, 0.25) is 0 Å². The van der Waals surface area contributed by atoms with E-state index < -0.39 is 28.9 Å². The minimum absolute atomic E-state index is 0.280. The summed E-state index contributed by atoms with van der Waals surface area (Å²) in [5.41, 5.74) is -0.466. The Morgan fingerprint density at radius 3 is 2.63 bits per heavy atom. The number of aromatic amines is 1. The number of aromatic nitrogens is 1. The number of halogens is 3. The van der Waals surface area contributed by atoms with Crippen molar-refractivity contribution < 1.29 is 18.0 Å². The van der Waals surface area contributed by atoms with E-state index in [1.165, 1.54) is 0 Å². The Bertz CT molecular complexity index is 1040. The van der Waals surface area contributed by atoms with Crippen LogP contribution in [-0.4, -0.2) is 10.9 Å². The zero-order valence-electron chi connectivity index (χ0n) is 14.2. The molecule has 0 aliphatic heterocycles. The lowest BCUT2D eigenvalue weighted by atomic mass is 9.99. The van der Waals surface area contributed by atoms with Crippen molar-refractivity contribution in [3.63, 3.8) is 0 Å². The monoisotopic (exact) mass is 392 g/mol. The summed E-state index contributed by atoms with van der Waals surface area (Å²) >= 11 is 1.56. The molecule has 0 fully saturated rings. The van der Waals surface area contributed by atoms with Gasteiger partial charge in [-0.05, 0) is 41.1 Å². The van der Waals surface area contributed by atoms with E-state index >= 15 is 0 Å². The number of carbonyl (C=O) groups is 1. The number of aryl methyl sites for hydroxylation is 1. The molecular formula is C19H15F3N2O2S. The van der Waals surface area contributed by atoms with Gasteiger partial charge in [0.05, 0.1) is 5.56 Å². The molecule has 1 amide bonds. The van der Waals surface area contributed by atoms with E-state index in [2.05, 4.69) is 5.32 Å². The van der Waals surface area contributed by atoms with Gasteiger partial charge < -0.3 is 10.3 Å². The predicted molar refractivity (Wildman–Crippen MR) is 99.2 cm³/mol. The molecule has 0 saturated carbocycles. The Labute approximate surface area is 156 Å². The van der Waals surface area contributed by atoms with Gasteiger partial charge in [0.1, 0.15) is 5.69 Å². The number of hydrogen-bond donors (Lipinski definition) is 2. The van der Waals surface area contributed by atoms with Crippen LogP contribution in [0, 0.1) is 0 Å². The van der Waals surface area contributed by atoms with Crippen LogP contribution >= 0.6 is 11.3 Å². The van der Waals surface area contributed by atoms with Crippen LogP contribution in [0.5, 0.6) is 0 Å². The van der Waals surface area contributed by atoms with Gasteiger partial charge in [0.25, 0.3) is 11.5 Å². The maximum absolute atomic E-state index is 12.9. The predicted octanol–water partition coefficient (Wildman–Crippen LogP) is 4.94. The number of carbonyl (C=O) groups excluding carboxylic acids is 1. The number of nitrogens with one attached hydrogen (secondary N) is 2. The second-order valence-electron chi connectivity index (χ2n) is 5.74. The number of H-pyrrole nitrogens is 1. The third kappa shape index (κ3) is 3.95. The van der Waals surface area contributed by atoms with Crippen LogP contribution in [0.1, 0.15) is 27.7 Å². The van der Waals surface area contributed by atoms with Crippen molar-refractivity contribution >= 4 is 22.9 Å². The minimum atomic E-state index is -4.63. The number of thiophene rings is 1. The third-order valence-corrected chi connectivity index (χ3v) is 5.07. The zero-order chi connectivity index (χ0) is 19.6. The largest absolute Gasteiger partial charge is 0.417 e. The fourth-order valence-corrected chi connectivity index (χ4v) is 3.54. The zero-order valence-corrected chi connectivity index (χ0v) is 15.0. The van der Waals surface area contributed by atoms with Gasteiger partial charge in [-0.1, -0.05) is 25.1 Å². The third-order valence-electron chi connectivity index (χ3n) is 4.01. The molecule has 2 N–H and O–H groups in total. The summed E-state index contributed by atoms with van der Waals surface area (Å²) in [7, 11) is 0. The molecule has 2 aromatic heterocycles. The lowest BCUT2D eigenvalue weighted by molar-refractivity contribution is -0.137. The van der Waals surface area contributed by atoms with Gasteiger partial charge in [0, 0.05) is 16.6 Å². The van der Waals surface area contributed by atoms with E-state index in [-0.39, 0.29) is 5.56 Å². The van der Waals surface area contributed by atoms with Gasteiger partial charge in [-0.15, -0.1) is 11.3 Å². The lowest BCUT2D eigenvalue weighted by Crippen LogP contribution is -2.22. The maximum Gasteiger partial charge on any atom is 0.417 e. The molecule has 0 unspecified atom stereocenters. The molecule has 1 aromatic carbocycles. The first kappa shape index (κ1) is 18.9. The molecule has 0 aliphatic rings. The summed E-state index contributed by atoms with van der Waals surface area (Å²) in [6.45, 7) is 2.00. The summed E-state index contributed by atoms with van der Waals surface area (Å²) in [4.78, 5) is 27.6. The highest BCUT2D eigenvalue weighted by Gasteiger charge is 2.31. The van der Waals surface area contributed by atoms with Crippen molar-refractivity contribution in [3.8, 4) is 11.1 Å². The molecule has 0 aliphatic carbocycles. The summed E-state index contributed by atoms with van der Waals surface area (Å²) in [5, 5.41) is 4.22. The van der Waals surface area contributed by atoms with E-state index in [0.29, 0.717) is 17.8 Å². The number of pyridine rings is 1. The molecule has 0 bridgehead atoms. The van der Waals surface area contributed by atoms with E-state index in [4.69, 9.17) is 0 Å². The molecule has 8 heteroatoms. The second kappa shape index (κ2) is 7.40. The average Bonchev–Trinajstić information content (AvgIpc) is 3.11. The Balaban J connectivity index is 1.98. The second-order valence-corrected chi connectivity index (χ2v) is 6.74. The highest BCUT2D eigenvalue weighted by molar-refractivity contribution is 7.10. The van der Waals surface area contributed by atoms with Crippen molar-refractivity contribution in [1.82, 2.24) is 4.98 Å². The first-order valence-electron chi connectivity index (χ1n) is 8.08. The Morgan fingerprint density at radius 1 is 1.19 bits per heavy atom. The average molecular weight is 392 g/mol. The summed E-state index contributed by atoms with van der Waals surface area (Å²) in [5.74, 6) is -0.649. The summed E-state index contributed by atoms with van der Waals surface area (Å²) in [6, 6.07) is 9.30. The van der Waals surface area contributed by atoms with E-state index in [9.17, 15) is 22.8 Å². The number of anilines is 1. The van der Waals surface area contributed by atoms with E-state index in [1.807, 2.05) is 23.4 Å². The van der Waals surface area contributed by atoms with Gasteiger partial charge in [0.15, 0.2) is 0 Å². The summed E-state index contributed by atoms with van der Waals surface area (Å²) < 4.78 is 38.6. The molecule has 140 valence electrons. The normalized spacial score (nSPS) is 11.4. The molecule has 27 heavy (non-hydrogen) atoms. The van der Waals surface area contributed by atoms with Crippen molar-refractivity contribution in [3.05, 3.63) is 74.3 Å². The number of rotatable bonds is 4. The number of benzene rings is 1. The minimum Gasteiger partial charge on any atom is -0.327 e. The van der Waals surface area contributed by atoms with E-state index in [0.717, 1.165) is 16.9 Å². The van der Waals surface area contributed by atoms with Gasteiger partial charge >= 0.3 is 6.18 Å². The van der Waals surface area contributed by atoms with Crippen LogP contribution in [0.3, 0.4) is 0 Å². The molecule has 3 aromatic rings. The van der Waals surface area contributed by atoms with Crippen molar-refractivity contribution in [2.24, 2.45) is 0 Å². The van der Waals surface area contributed by atoms with Gasteiger partial charge in [-0.3, -0.25) is 9.59 Å². The van der Waals surface area contributed by atoms with Crippen LogP contribution in [-0.2, 0) is 12.6 Å². The fourth-order valence-electron chi connectivity index (χ4n) is 2.70. The SMILES string of the molecule is CCc1sccc1-c1ccccc1C(=O)Nc1cc(C(F)(F)F)c[nH]c1=O. The van der Waals surface area contributed by atoms with Crippen molar-refractivity contribution in [2.45, 2.75) is 19.5 Å². The molecule has 0 atom stereocenters. The number of hydrogen-bond acceptors (Lipinski definition) is 3. The Kier molecular flexibility index (Phi) is 5.18. The van der Waals surface area contributed by atoms with Crippen LogP contribution in [0.25, 0.3) is 11.1 Å². The van der Waals surface area contributed by atoms with Crippen molar-refractivity contribution in [1.29, 1.82) is 0 Å². The molecule has 3 rings (SSSR count). The smallest absolute Gasteiger partial charge is 0.327 e. The van der Waals surface area contributed by atoms with Crippen molar-refractivity contribution in [2.75, 3.05) is 5.32 Å². The topological polar surface area (TPSA) is 62.0 Å². The fraction of sp³-hybridized carbons (Fsp3) is 0.158. The Morgan fingerprint density at radius 2 is 1.93 bits per heavy atom. The molecule has 2 heterocycles. The number of alkyl halides is 3. The van der Waals surface area contributed by atoms with Gasteiger partial charge in [-0.2, -0.15) is 13.2 Å². The highest BCUT2D eigenvalue weighted by Crippen LogP contribution is 2.32. The van der Waals surface area contributed by atoms with Gasteiger partial charge in [-0.25, -0.2) is 0 Å². The number of amides is 1. The first-order chi connectivity index (χ1) is 12.8. The van der Waals surface area contributed by atoms with Crippen LogP contribution < -0.4 is 10.9 Å². The first-order valence-corrected chi connectivity index (χ1v) is 8.96. The standard InChI is InChI=1S/C19H15F3N2O2S/c1-2-16-13(7-8-27-16)12-5-3-4-6-14(12)17(25)24-15-9-11(19(20,21)22)10-23-18(15)26/h3-10H,2H2,1H3,(H,23,26)(H,24,25). The summed E-state index contributed by atoms with van der Waals surface area (Å²) in [6.07, 6.45) is -3.27. The quantitative estimate of drug-likeness (QED) is 0.661. The molecule has 4 nitrogen and oxygen atoms in total. The van der Waals surface area contributed by atoms with E-state index in [1.54, 1.807) is 35.6 Å². The Hall–Kier alpha value is -2.87. The molecule has 0 radical (unpaired) electrons. The molecular weight excluding hydrogens is 377 g/mol. The highest BCUT2D eigenvalue weighted by atomic mass is 32.1. The lowest BCUT2D eigenvalue weighted by Gasteiger charge is -2.12. The van der Waals surface area contributed by atoms with Crippen LogP contribution in [0.4, 0.5) is 18.9 Å². The molecule has 0 spiro atoms.